The Kier molecular flexibility index (Phi) is 3.92. The van der Waals surface area contributed by atoms with Crippen molar-refractivity contribution in [3.8, 4) is 0 Å². The van der Waals surface area contributed by atoms with Crippen LogP contribution in [0.3, 0.4) is 0 Å². The molecule has 1 aromatic rings. The van der Waals surface area contributed by atoms with Crippen LogP contribution >= 0.6 is 11.6 Å². The van der Waals surface area contributed by atoms with Crippen LogP contribution in [0.4, 0.5) is 0 Å². The molecule has 0 fully saturated rings. The van der Waals surface area contributed by atoms with Crippen molar-refractivity contribution in [2.24, 2.45) is 12.2 Å². The van der Waals surface area contributed by atoms with Crippen molar-refractivity contribution in [3.63, 3.8) is 0 Å². The highest BCUT2D eigenvalue weighted by atomic mass is 35.5. The SMILES string of the molecule is C[n+]1cc[nH]c1/C(Cl)=N/O.[Cl-]. The molecule has 0 spiro atoms. The van der Waals surface area contributed by atoms with Crippen LogP contribution in [0.1, 0.15) is 5.82 Å². The first kappa shape index (κ1) is 10.3. The van der Waals surface area contributed by atoms with Gasteiger partial charge in [-0.3, -0.25) is 0 Å². The lowest BCUT2D eigenvalue weighted by Gasteiger charge is -1.86. The number of aromatic nitrogens is 2. The van der Waals surface area contributed by atoms with Crippen LogP contribution in [0.2, 0.25) is 0 Å². The van der Waals surface area contributed by atoms with Crippen LogP contribution in [0, 0.1) is 0 Å². The van der Waals surface area contributed by atoms with E-state index in [1.54, 1.807) is 24.0 Å². The lowest BCUT2D eigenvalue weighted by atomic mass is 10.6. The Bertz CT molecular complexity index is 258. The van der Waals surface area contributed by atoms with E-state index in [9.17, 15) is 0 Å². The predicted molar refractivity (Wildman–Crippen MR) is 36.1 cm³/mol. The van der Waals surface area contributed by atoms with Crippen molar-refractivity contribution in [2.45, 2.75) is 0 Å². The molecule has 4 nitrogen and oxygen atoms in total. The van der Waals surface area contributed by atoms with Crippen molar-refractivity contribution >= 4 is 16.8 Å². The molecule has 0 atom stereocenters. The van der Waals surface area contributed by atoms with Crippen LogP contribution in [0.25, 0.3) is 0 Å². The molecule has 0 bridgehead atoms. The van der Waals surface area contributed by atoms with Crippen molar-refractivity contribution in [1.82, 2.24) is 4.98 Å². The summed E-state index contributed by atoms with van der Waals surface area (Å²) in [4.78, 5) is 2.80. The molecule has 0 saturated heterocycles. The van der Waals surface area contributed by atoms with E-state index in [0.29, 0.717) is 5.82 Å². The molecule has 62 valence electrons. The van der Waals surface area contributed by atoms with Crippen molar-refractivity contribution in [3.05, 3.63) is 18.2 Å². The fraction of sp³-hybridized carbons (Fsp3) is 0.200. The summed E-state index contributed by atoms with van der Waals surface area (Å²) in [7, 11) is 1.79. The topological polar surface area (TPSA) is 52.3 Å². The minimum atomic E-state index is 0. The Morgan fingerprint density at radius 1 is 1.82 bits per heavy atom. The molecule has 0 aliphatic carbocycles. The molecule has 0 amide bonds. The standard InChI is InChI=1S/C5H6ClN3O.ClH/c1-9-3-2-7-5(9)4(6)8-10;/h2-3H,1H3,(H,7,10);1H. The number of aromatic amines is 1. The normalized spacial score (nSPS) is 10.9. The summed E-state index contributed by atoms with van der Waals surface area (Å²) in [6.45, 7) is 0. The zero-order valence-corrected chi connectivity index (χ0v) is 7.26. The van der Waals surface area contributed by atoms with Crippen LogP contribution in [0.15, 0.2) is 17.5 Å². The van der Waals surface area contributed by atoms with Gasteiger partial charge in [0.2, 0.25) is 0 Å². The van der Waals surface area contributed by atoms with Gasteiger partial charge in [0, 0.05) is 0 Å². The smallest absolute Gasteiger partial charge is 0.320 e. The Morgan fingerprint density at radius 2 is 2.45 bits per heavy atom. The van der Waals surface area contributed by atoms with E-state index in [0.717, 1.165) is 0 Å². The average Bonchev–Trinajstić information content (AvgIpc) is 2.34. The fourth-order valence-corrected chi connectivity index (χ4v) is 0.845. The van der Waals surface area contributed by atoms with Gasteiger partial charge in [-0.25, -0.2) is 9.55 Å². The second-order valence-electron chi connectivity index (χ2n) is 1.81. The van der Waals surface area contributed by atoms with Gasteiger partial charge in [0.1, 0.15) is 12.4 Å². The predicted octanol–water partition coefficient (Wildman–Crippen LogP) is -2.78. The van der Waals surface area contributed by atoms with Gasteiger partial charge in [-0.15, -0.1) is 0 Å². The average molecular weight is 196 g/mol. The third-order valence-corrected chi connectivity index (χ3v) is 1.41. The molecule has 1 aromatic heterocycles. The second-order valence-corrected chi connectivity index (χ2v) is 2.17. The van der Waals surface area contributed by atoms with Gasteiger partial charge in [0.05, 0.1) is 7.05 Å². The van der Waals surface area contributed by atoms with E-state index in [1.165, 1.54) is 0 Å². The Labute approximate surface area is 74.9 Å². The lowest BCUT2D eigenvalue weighted by Crippen LogP contribution is -3.00. The number of halogens is 2. The minimum absolute atomic E-state index is 0. The summed E-state index contributed by atoms with van der Waals surface area (Å²) in [6, 6.07) is 0. The van der Waals surface area contributed by atoms with Gasteiger partial charge in [-0.2, -0.15) is 0 Å². The largest absolute Gasteiger partial charge is 1.00 e. The molecule has 0 aliphatic heterocycles. The molecule has 11 heavy (non-hydrogen) atoms. The van der Waals surface area contributed by atoms with Gasteiger partial charge < -0.3 is 17.6 Å². The first-order valence-corrected chi connectivity index (χ1v) is 3.04. The third-order valence-electron chi connectivity index (χ3n) is 1.15. The molecular weight excluding hydrogens is 189 g/mol. The number of rotatable bonds is 1. The highest BCUT2D eigenvalue weighted by molar-refractivity contribution is 6.68. The Hall–Kier alpha value is -0.740. The molecule has 0 saturated carbocycles. The summed E-state index contributed by atoms with van der Waals surface area (Å²) < 4.78 is 1.71. The molecule has 0 unspecified atom stereocenters. The van der Waals surface area contributed by atoms with Crippen molar-refractivity contribution in [2.75, 3.05) is 0 Å². The van der Waals surface area contributed by atoms with Crippen molar-refractivity contribution in [1.29, 1.82) is 0 Å². The van der Waals surface area contributed by atoms with Gasteiger partial charge in [0.15, 0.2) is 0 Å². The minimum Gasteiger partial charge on any atom is -1.00 e. The number of aryl methyl sites for hydroxylation is 1. The summed E-state index contributed by atoms with van der Waals surface area (Å²) in [5.41, 5.74) is 0. The monoisotopic (exact) mass is 195 g/mol. The van der Waals surface area contributed by atoms with Crippen LogP contribution in [0.5, 0.6) is 0 Å². The van der Waals surface area contributed by atoms with E-state index < -0.39 is 0 Å². The quantitative estimate of drug-likeness (QED) is 0.217. The highest BCUT2D eigenvalue weighted by Gasteiger charge is 2.12. The van der Waals surface area contributed by atoms with Gasteiger partial charge in [-0.05, 0) is 0 Å². The number of oxime groups is 1. The van der Waals surface area contributed by atoms with Crippen LogP contribution < -0.4 is 17.0 Å². The number of hydrogen-bond acceptors (Lipinski definition) is 2. The van der Waals surface area contributed by atoms with Gasteiger partial charge >= 0.3 is 5.82 Å². The van der Waals surface area contributed by atoms with E-state index in [1.807, 2.05) is 0 Å². The van der Waals surface area contributed by atoms with E-state index >= 15 is 0 Å². The lowest BCUT2D eigenvalue weighted by molar-refractivity contribution is -0.671. The maximum Gasteiger partial charge on any atom is 0.320 e. The number of H-pyrrole nitrogens is 1. The molecule has 0 radical (unpaired) electrons. The molecule has 6 heteroatoms. The maximum absolute atomic E-state index is 8.25. The molecule has 2 N–H and O–H groups in total. The first-order valence-electron chi connectivity index (χ1n) is 2.66. The molecule has 1 heterocycles. The molecule has 1 rings (SSSR count). The van der Waals surface area contributed by atoms with E-state index in [-0.39, 0.29) is 17.6 Å². The van der Waals surface area contributed by atoms with Crippen molar-refractivity contribution < 1.29 is 22.2 Å². The second kappa shape index (κ2) is 4.20. The molecule has 0 aliphatic rings. The summed E-state index contributed by atoms with van der Waals surface area (Å²) >= 11 is 5.49. The summed E-state index contributed by atoms with van der Waals surface area (Å²) in [6.07, 6.45) is 3.46. The maximum atomic E-state index is 8.25. The third kappa shape index (κ3) is 2.10. The van der Waals surface area contributed by atoms with Crippen LogP contribution in [-0.4, -0.2) is 15.4 Å². The summed E-state index contributed by atoms with van der Waals surface area (Å²) in [5, 5.41) is 11.1. The number of imidazole rings is 1. The zero-order chi connectivity index (χ0) is 7.56. The number of hydrogen-bond donors (Lipinski definition) is 2. The van der Waals surface area contributed by atoms with E-state index in [4.69, 9.17) is 16.8 Å². The Morgan fingerprint density at radius 3 is 2.82 bits per heavy atom. The number of nitrogens with one attached hydrogen (secondary N) is 1. The molecule has 0 aromatic carbocycles. The van der Waals surface area contributed by atoms with E-state index in [2.05, 4.69) is 10.1 Å². The zero-order valence-electron chi connectivity index (χ0n) is 5.75. The fourth-order valence-electron chi connectivity index (χ4n) is 0.657. The first-order chi connectivity index (χ1) is 4.75. The Balaban J connectivity index is 0.000001000. The van der Waals surface area contributed by atoms with Gasteiger partial charge in [0.25, 0.3) is 5.17 Å². The van der Waals surface area contributed by atoms with Crippen LogP contribution in [-0.2, 0) is 7.05 Å². The van der Waals surface area contributed by atoms with Gasteiger partial charge in [-0.1, -0.05) is 16.8 Å². The number of nitrogens with zero attached hydrogens (tertiary/aromatic N) is 2. The summed E-state index contributed by atoms with van der Waals surface area (Å²) in [5.74, 6) is 0.573. The highest BCUT2D eigenvalue weighted by Crippen LogP contribution is 1.93. The molecular formula is C5H7Cl2N3O.